The van der Waals surface area contributed by atoms with Crippen LogP contribution in [0.15, 0.2) is 35.6 Å². The molecule has 0 fully saturated rings. The molecular formula is C8H7ClN4O2S. The SMILES string of the molecule is O=S(=O)(Nc1ncc[nH]1)c1cccnc1Cl. The standard InChI is InChI=1S/C8H7ClN4O2S/c9-7-6(2-1-3-10-7)16(14,15)13-8-11-4-5-12-8/h1-5H,(H2,11,12,13). The third-order valence-corrected chi connectivity index (χ3v) is 3.53. The number of rotatable bonds is 3. The topological polar surface area (TPSA) is 87.7 Å². The van der Waals surface area contributed by atoms with E-state index in [0.717, 1.165) is 0 Å². The summed E-state index contributed by atoms with van der Waals surface area (Å²) in [5, 5.41) is -0.0819. The van der Waals surface area contributed by atoms with Crippen LogP contribution in [-0.4, -0.2) is 23.4 Å². The second-order valence-corrected chi connectivity index (χ2v) is 4.84. The van der Waals surface area contributed by atoms with E-state index in [2.05, 4.69) is 19.7 Å². The van der Waals surface area contributed by atoms with Crippen molar-refractivity contribution < 1.29 is 8.42 Å². The Hall–Kier alpha value is -1.60. The molecule has 0 unspecified atom stereocenters. The van der Waals surface area contributed by atoms with Gasteiger partial charge in [0.2, 0.25) is 5.95 Å². The first-order valence-corrected chi connectivity index (χ1v) is 6.08. The lowest BCUT2D eigenvalue weighted by molar-refractivity contribution is 0.600. The summed E-state index contributed by atoms with van der Waals surface area (Å²) in [4.78, 5) is 9.97. The van der Waals surface area contributed by atoms with E-state index in [-0.39, 0.29) is 16.0 Å². The zero-order valence-electron chi connectivity index (χ0n) is 7.88. The third kappa shape index (κ3) is 2.15. The fourth-order valence-electron chi connectivity index (χ4n) is 1.08. The van der Waals surface area contributed by atoms with Crippen molar-refractivity contribution in [3.63, 3.8) is 0 Å². The first kappa shape index (κ1) is 10.9. The molecule has 0 amide bonds. The number of imidazole rings is 1. The second kappa shape index (κ2) is 4.11. The molecule has 0 bridgehead atoms. The Morgan fingerprint density at radius 2 is 2.12 bits per heavy atom. The molecule has 0 spiro atoms. The number of aromatic nitrogens is 3. The van der Waals surface area contributed by atoms with Gasteiger partial charge >= 0.3 is 0 Å². The summed E-state index contributed by atoms with van der Waals surface area (Å²) in [6.45, 7) is 0. The van der Waals surface area contributed by atoms with Gasteiger partial charge in [0.25, 0.3) is 10.0 Å². The quantitative estimate of drug-likeness (QED) is 0.812. The van der Waals surface area contributed by atoms with Crippen molar-refractivity contribution in [2.75, 3.05) is 4.72 Å². The van der Waals surface area contributed by atoms with E-state index in [1.54, 1.807) is 0 Å². The zero-order chi connectivity index (χ0) is 11.6. The van der Waals surface area contributed by atoms with E-state index < -0.39 is 10.0 Å². The first-order chi connectivity index (χ1) is 7.59. The molecule has 8 heteroatoms. The average Bonchev–Trinajstić information content (AvgIpc) is 2.70. The number of hydrogen-bond donors (Lipinski definition) is 2. The number of halogens is 1. The number of nitrogens with one attached hydrogen (secondary N) is 2. The lowest BCUT2D eigenvalue weighted by Gasteiger charge is -2.05. The highest BCUT2D eigenvalue weighted by Gasteiger charge is 2.19. The van der Waals surface area contributed by atoms with Crippen LogP contribution in [0.3, 0.4) is 0 Å². The monoisotopic (exact) mass is 258 g/mol. The van der Waals surface area contributed by atoms with Crippen molar-refractivity contribution in [1.82, 2.24) is 15.0 Å². The number of hydrogen-bond acceptors (Lipinski definition) is 4. The fraction of sp³-hybridized carbons (Fsp3) is 0. The fourth-order valence-corrected chi connectivity index (χ4v) is 2.51. The Morgan fingerprint density at radius 1 is 1.31 bits per heavy atom. The second-order valence-electron chi connectivity index (χ2n) is 2.84. The molecule has 0 aliphatic rings. The molecule has 0 aliphatic carbocycles. The predicted molar refractivity (Wildman–Crippen MR) is 58.6 cm³/mol. The Morgan fingerprint density at radius 3 is 2.75 bits per heavy atom. The molecule has 0 radical (unpaired) electrons. The van der Waals surface area contributed by atoms with Crippen LogP contribution in [0, 0.1) is 0 Å². The van der Waals surface area contributed by atoms with Crippen LogP contribution < -0.4 is 4.72 Å². The predicted octanol–water partition coefficient (Wildman–Crippen LogP) is 1.26. The Kier molecular flexibility index (Phi) is 2.80. The van der Waals surface area contributed by atoms with Crippen LogP contribution >= 0.6 is 11.6 Å². The number of H-pyrrole nitrogens is 1. The van der Waals surface area contributed by atoms with Crippen LogP contribution in [0.2, 0.25) is 5.15 Å². The minimum absolute atomic E-state index is 0.0819. The maximum atomic E-state index is 11.8. The number of aromatic amines is 1. The van der Waals surface area contributed by atoms with Gasteiger partial charge in [-0.1, -0.05) is 11.6 Å². The van der Waals surface area contributed by atoms with Crippen LogP contribution in [0.5, 0.6) is 0 Å². The molecule has 2 rings (SSSR count). The highest BCUT2D eigenvalue weighted by molar-refractivity contribution is 7.92. The van der Waals surface area contributed by atoms with Crippen LogP contribution in [-0.2, 0) is 10.0 Å². The zero-order valence-corrected chi connectivity index (χ0v) is 9.46. The summed E-state index contributed by atoms with van der Waals surface area (Å²) >= 11 is 5.69. The highest BCUT2D eigenvalue weighted by Crippen LogP contribution is 2.19. The van der Waals surface area contributed by atoms with Gasteiger partial charge in [-0.2, -0.15) is 0 Å². The van der Waals surface area contributed by atoms with Crippen molar-refractivity contribution in [1.29, 1.82) is 0 Å². The Labute approximate surface area is 96.8 Å². The van der Waals surface area contributed by atoms with Gasteiger partial charge in [0.15, 0.2) is 0 Å². The molecule has 0 saturated carbocycles. The maximum absolute atomic E-state index is 11.8. The van der Waals surface area contributed by atoms with Gasteiger partial charge in [-0.05, 0) is 12.1 Å². The highest BCUT2D eigenvalue weighted by atomic mass is 35.5. The average molecular weight is 259 g/mol. The van der Waals surface area contributed by atoms with E-state index in [1.807, 2.05) is 0 Å². The third-order valence-electron chi connectivity index (χ3n) is 1.74. The van der Waals surface area contributed by atoms with Gasteiger partial charge in [-0.15, -0.1) is 0 Å². The maximum Gasteiger partial charge on any atom is 0.267 e. The molecule has 0 atom stereocenters. The molecule has 6 nitrogen and oxygen atoms in total. The number of anilines is 1. The largest absolute Gasteiger partial charge is 0.330 e. The van der Waals surface area contributed by atoms with E-state index in [4.69, 9.17) is 11.6 Å². The molecule has 2 aromatic heterocycles. The van der Waals surface area contributed by atoms with Gasteiger partial charge in [-0.25, -0.2) is 23.1 Å². The molecule has 2 heterocycles. The Balaban J connectivity index is 2.37. The molecule has 84 valence electrons. The van der Waals surface area contributed by atoms with E-state index in [0.29, 0.717) is 0 Å². The minimum atomic E-state index is -3.75. The van der Waals surface area contributed by atoms with Gasteiger partial charge in [0, 0.05) is 18.6 Å². The Bertz CT molecular complexity index is 582. The normalized spacial score (nSPS) is 11.3. The van der Waals surface area contributed by atoms with E-state index in [9.17, 15) is 8.42 Å². The molecule has 2 aromatic rings. The molecule has 0 aliphatic heterocycles. The number of sulfonamides is 1. The van der Waals surface area contributed by atoms with Crippen LogP contribution in [0.25, 0.3) is 0 Å². The molecular weight excluding hydrogens is 252 g/mol. The number of pyridine rings is 1. The lowest BCUT2D eigenvalue weighted by atomic mass is 10.5. The van der Waals surface area contributed by atoms with E-state index in [1.165, 1.54) is 30.7 Å². The molecule has 2 N–H and O–H groups in total. The van der Waals surface area contributed by atoms with Crippen molar-refractivity contribution in [3.05, 3.63) is 35.9 Å². The van der Waals surface area contributed by atoms with Crippen molar-refractivity contribution in [2.24, 2.45) is 0 Å². The van der Waals surface area contributed by atoms with Crippen molar-refractivity contribution in [3.8, 4) is 0 Å². The summed E-state index contributed by atoms with van der Waals surface area (Å²) < 4.78 is 25.9. The summed E-state index contributed by atoms with van der Waals surface area (Å²) in [6.07, 6.45) is 4.35. The van der Waals surface area contributed by atoms with Crippen LogP contribution in [0.1, 0.15) is 0 Å². The molecule has 16 heavy (non-hydrogen) atoms. The smallest absolute Gasteiger partial charge is 0.267 e. The van der Waals surface area contributed by atoms with Gasteiger partial charge < -0.3 is 4.98 Å². The molecule has 0 aromatic carbocycles. The first-order valence-electron chi connectivity index (χ1n) is 4.22. The van der Waals surface area contributed by atoms with Gasteiger partial charge in [0.05, 0.1) is 0 Å². The van der Waals surface area contributed by atoms with E-state index >= 15 is 0 Å². The lowest BCUT2D eigenvalue weighted by Crippen LogP contribution is -2.14. The molecule has 0 saturated heterocycles. The van der Waals surface area contributed by atoms with Gasteiger partial charge in [-0.3, -0.25) is 0 Å². The van der Waals surface area contributed by atoms with Crippen molar-refractivity contribution in [2.45, 2.75) is 4.90 Å². The summed E-state index contributed by atoms with van der Waals surface area (Å²) in [6, 6.07) is 2.85. The summed E-state index contributed by atoms with van der Waals surface area (Å²) in [7, 11) is -3.75. The van der Waals surface area contributed by atoms with Crippen LogP contribution in [0.4, 0.5) is 5.95 Å². The summed E-state index contributed by atoms with van der Waals surface area (Å²) in [5.74, 6) is 0.125. The minimum Gasteiger partial charge on any atom is -0.330 e. The number of nitrogens with zero attached hydrogens (tertiary/aromatic N) is 2. The van der Waals surface area contributed by atoms with Gasteiger partial charge in [0.1, 0.15) is 10.0 Å². The summed E-state index contributed by atoms with van der Waals surface area (Å²) in [5.41, 5.74) is 0. The van der Waals surface area contributed by atoms with Crippen molar-refractivity contribution >= 4 is 27.6 Å².